The molecule has 2 aromatic carbocycles. The number of hydrogen-bond donors (Lipinski definition) is 1. The number of ether oxygens (including phenoxy) is 1. The van der Waals surface area contributed by atoms with Gasteiger partial charge in [-0.15, -0.1) is 0 Å². The van der Waals surface area contributed by atoms with E-state index in [4.69, 9.17) is 4.74 Å². The third-order valence-electron chi connectivity index (χ3n) is 6.37. The van der Waals surface area contributed by atoms with Gasteiger partial charge in [0.05, 0.1) is 6.61 Å². The van der Waals surface area contributed by atoms with Gasteiger partial charge in [0.15, 0.2) is 0 Å². The van der Waals surface area contributed by atoms with Crippen LogP contribution in [0, 0.1) is 25.1 Å². The predicted octanol–water partition coefficient (Wildman–Crippen LogP) is 5.05. The molecule has 1 aliphatic heterocycles. The molecular formula is C27H35FN2O3. The van der Waals surface area contributed by atoms with Gasteiger partial charge >= 0.3 is 0 Å². The first kappa shape index (κ1) is 24.7. The minimum Gasteiger partial charge on any atom is -0.493 e. The maximum atomic E-state index is 13.1. The summed E-state index contributed by atoms with van der Waals surface area (Å²) in [5, 5.41) is 3.17. The van der Waals surface area contributed by atoms with Gasteiger partial charge in [-0.2, -0.15) is 0 Å². The van der Waals surface area contributed by atoms with E-state index in [0.29, 0.717) is 38.1 Å². The smallest absolute Gasteiger partial charge is 0.253 e. The summed E-state index contributed by atoms with van der Waals surface area (Å²) in [7, 11) is 0. The second-order valence-electron chi connectivity index (χ2n) is 9.65. The molecule has 5 nitrogen and oxygen atoms in total. The molecule has 0 saturated carbocycles. The quantitative estimate of drug-likeness (QED) is 0.568. The molecule has 1 saturated heterocycles. The van der Waals surface area contributed by atoms with Crippen LogP contribution in [0.5, 0.6) is 5.75 Å². The van der Waals surface area contributed by atoms with Gasteiger partial charge in [0, 0.05) is 30.1 Å². The molecule has 0 radical (unpaired) electrons. The third kappa shape index (κ3) is 6.80. The van der Waals surface area contributed by atoms with Gasteiger partial charge in [-0.1, -0.05) is 26.0 Å². The lowest BCUT2D eigenvalue weighted by atomic mass is 9.86. The minimum absolute atomic E-state index is 0.0394. The SMILES string of the molecule is Cc1ccc(C)c(OCCCC(C)(C)C(=O)NC2CCN(C(=O)c3ccc(F)cc3)CC2)c1. The maximum absolute atomic E-state index is 13.1. The van der Waals surface area contributed by atoms with Crippen molar-refractivity contribution in [1.82, 2.24) is 10.2 Å². The standard InChI is InChI=1S/C27H35FN2O3/c1-19-6-7-20(2)24(18-19)33-17-5-14-27(3,4)26(32)29-23-12-15-30(16-13-23)25(31)21-8-10-22(28)11-9-21/h6-11,18,23H,5,12-17H2,1-4H3,(H,29,32). The van der Waals surface area contributed by atoms with Gasteiger partial charge < -0.3 is 15.0 Å². The molecular weight excluding hydrogens is 419 g/mol. The molecule has 0 spiro atoms. The van der Waals surface area contributed by atoms with Crippen molar-refractivity contribution >= 4 is 11.8 Å². The Morgan fingerprint density at radius 1 is 1.09 bits per heavy atom. The van der Waals surface area contributed by atoms with Gasteiger partial charge in [0.1, 0.15) is 11.6 Å². The molecule has 178 valence electrons. The molecule has 1 fully saturated rings. The van der Waals surface area contributed by atoms with Crippen LogP contribution in [0.3, 0.4) is 0 Å². The molecule has 0 unspecified atom stereocenters. The minimum atomic E-state index is -0.494. The lowest BCUT2D eigenvalue weighted by Crippen LogP contribution is -2.49. The van der Waals surface area contributed by atoms with E-state index in [9.17, 15) is 14.0 Å². The topological polar surface area (TPSA) is 58.6 Å². The van der Waals surface area contributed by atoms with Crippen LogP contribution in [0.1, 0.15) is 61.0 Å². The molecule has 0 aromatic heterocycles. The number of nitrogens with zero attached hydrogens (tertiary/aromatic N) is 1. The van der Waals surface area contributed by atoms with Gasteiger partial charge in [-0.3, -0.25) is 9.59 Å². The van der Waals surface area contributed by atoms with Crippen molar-refractivity contribution in [2.24, 2.45) is 5.41 Å². The fourth-order valence-corrected chi connectivity index (χ4v) is 4.06. The molecule has 1 N–H and O–H groups in total. The van der Waals surface area contributed by atoms with E-state index in [1.165, 1.54) is 29.8 Å². The molecule has 6 heteroatoms. The summed E-state index contributed by atoms with van der Waals surface area (Å²) in [5.41, 5.74) is 2.28. The summed E-state index contributed by atoms with van der Waals surface area (Å²) in [5.74, 6) is 0.494. The Kier molecular flexibility index (Phi) is 8.11. The van der Waals surface area contributed by atoms with Crippen molar-refractivity contribution < 1.29 is 18.7 Å². The third-order valence-corrected chi connectivity index (χ3v) is 6.37. The Bertz CT molecular complexity index is 964. The number of benzene rings is 2. The number of nitrogens with one attached hydrogen (secondary N) is 1. The molecule has 0 atom stereocenters. The van der Waals surface area contributed by atoms with Crippen LogP contribution in [0.4, 0.5) is 4.39 Å². The highest BCUT2D eigenvalue weighted by atomic mass is 19.1. The number of carbonyl (C=O) groups is 2. The van der Waals surface area contributed by atoms with Crippen molar-refractivity contribution in [2.75, 3.05) is 19.7 Å². The molecule has 3 rings (SSSR count). The lowest BCUT2D eigenvalue weighted by Gasteiger charge is -2.34. The number of amides is 2. The Labute approximate surface area is 196 Å². The second kappa shape index (κ2) is 10.8. The van der Waals surface area contributed by atoms with E-state index >= 15 is 0 Å². The van der Waals surface area contributed by atoms with Crippen molar-refractivity contribution in [3.63, 3.8) is 0 Å². The molecule has 2 amide bonds. The van der Waals surface area contributed by atoms with Crippen LogP contribution in [0.2, 0.25) is 0 Å². The number of aryl methyl sites for hydroxylation is 2. The summed E-state index contributed by atoms with van der Waals surface area (Å²) < 4.78 is 19.0. The first-order chi connectivity index (χ1) is 15.7. The zero-order valence-electron chi connectivity index (χ0n) is 20.1. The molecule has 2 aromatic rings. The van der Waals surface area contributed by atoms with Gasteiger partial charge in [0.25, 0.3) is 5.91 Å². The van der Waals surface area contributed by atoms with Gasteiger partial charge in [0.2, 0.25) is 5.91 Å². The molecule has 1 aliphatic rings. The molecule has 0 aliphatic carbocycles. The largest absolute Gasteiger partial charge is 0.493 e. The van der Waals surface area contributed by atoms with Crippen molar-refractivity contribution in [1.29, 1.82) is 0 Å². The van der Waals surface area contributed by atoms with Crippen molar-refractivity contribution in [3.8, 4) is 5.75 Å². The molecule has 0 bridgehead atoms. The average Bonchev–Trinajstić information content (AvgIpc) is 2.79. The molecule has 1 heterocycles. The predicted molar refractivity (Wildman–Crippen MR) is 128 cm³/mol. The van der Waals surface area contributed by atoms with Crippen LogP contribution in [0.15, 0.2) is 42.5 Å². The van der Waals surface area contributed by atoms with E-state index < -0.39 is 5.41 Å². The number of rotatable bonds is 8. The Balaban J connectivity index is 1.41. The molecule has 33 heavy (non-hydrogen) atoms. The Hall–Kier alpha value is -2.89. The van der Waals surface area contributed by atoms with E-state index in [2.05, 4.69) is 17.4 Å². The Morgan fingerprint density at radius 3 is 2.42 bits per heavy atom. The van der Waals surface area contributed by atoms with Crippen molar-refractivity contribution in [3.05, 3.63) is 65.0 Å². The first-order valence-electron chi connectivity index (χ1n) is 11.7. The van der Waals surface area contributed by atoms with E-state index in [-0.39, 0.29) is 23.7 Å². The number of piperidine rings is 1. The summed E-state index contributed by atoms with van der Waals surface area (Å²) >= 11 is 0. The van der Waals surface area contributed by atoms with Crippen LogP contribution in [-0.4, -0.2) is 42.5 Å². The normalized spacial score (nSPS) is 14.8. The first-order valence-corrected chi connectivity index (χ1v) is 11.7. The fourth-order valence-electron chi connectivity index (χ4n) is 4.06. The highest BCUT2D eigenvalue weighted by Crippen LogP contribution is 2.25. The van der Waals surface area contributed by atoms with E-state index in [1.54, 1.807) is 4.90 Å². The number of halogens is 1. The number of hydrogen-bond acceptors (Lipinski definition) is 3. The lowest BCUT2D eigenvalue weighted by molar-refractivity contribution is -0.130. The monoisotopic (exact) mass is 454 g/mol. The van der Waals surface area contributed by atoms with Crippen LogP contribution < -0.4 is 10.1 Å². The van der Waals surface area contributed by atoms with Crippen LogP contribution >= 0.6 is 0 Å². The summed E-state index contributed by atoms with van der Waals surface area (Å²) in [6.07, 6.45) is 2.94. The van der Waals surface area contributed by atoms with Gasteiger partial charge in [-0.05, 0) is 81.0 Å². The van der Waals surface area contributed by atoms with Crippen molar-refractivity contribution in [2.45, 2.75) is 59.4 Å². The van der Waals surface area contributed by atoms with Gasteiger partial charge in [-0.25, -0.2) is 4.39 Å². The van der Waals surface area contributed by atoms with E-state index in [1.807, 2.05) is 33.8 Å². The summed E-state index contributed by atoms with van der Waals surface area (Å²) in [6.45, 7) is 9.73. The summed E-state index contributed by atoms with van der Waals surface area (Å²) in [6, 6.07) is 11.8. The Morgan fingerprint density at radius 2 is 1.76 bits per heavy atom. The highest BCUT2D eigenvalue weighted by molar-refractivity contribution is 5.94. The second-order valence-corrected chi connectivity index (χ2v) is 9.65. The summed E-state index contributed by atoms with van der Waals surface area (Å²) in [4.78, 5) is 27.3. The number of likely N-dealkylation sites (tertiary alicyclic amines) is 1. The number of carbonyl (C=O) groups excluding carboxylic acids is 2. The zero-order chi connectivity index (χ0) is 24.0. The zero-order valence-corrected chi connectivity index (χ0v) is 20.1. The van der Waals surface area contributed by atoms with Crippen LogP contribution in [-0.2, 0) is 4.79 Å². The van der Waals surface area contributed by atoms with Crippen LogP contribution in [0.25, 0.3) is 0 Å². The average molecular weight is 455 g/mol. The maximum Gasteiger partial charge on any atom is 0.253 e. The van der Waals surface area contributed by atoms with E-state index in [0.717, 1.165) is 24.2 Å². The highest BCUT2D eigenvalue weighted by Gasteiger charge is 2.31. The fraction of sp³-hybridized carbons (Fsp3) is 0.481.